The Hall–Kier alpha value is -4.21. The van der Waals surface area contributed by atoms with Gasteiger partial charge in [0.15, 0.2) is 0 Å². The van der Waals surface area contributed by atoms with E-state index in [0.717, 1.165) is 5.56 Å². The molecule has 0 radical (unpaired) electrons. The average Bonchev–Trinajstić information content (AvgIpc) is 3.31. The molecule has 1 aliphatic rings. The van der Waals surface area contributed by atoms with Crippen LogP contribution in [0.2, 0.25) is 0 Å². The van der Waals surface area contributed by atoms with Gasteiger partial charge in [-0.25, -0.2) is 13.2 Å². The molecule has 1 atom stereocenters. The Bertz CT molecular complexity index is 1570. The summed E-state index contributed by atoms with van der Waals surface area (Å²) in [6.07, 6.45) is -3.21. The lowest BCUT2D eigenvalue weighted by molar-refractivity contribution is 0.0960. The third kappa shape index (κ3) is 4.32. The molecule has 2 aromatic carbocycles. The van der Waals surface area contributed by atoms with Gasteiger partial charge >= 0.3 is 0 Å². The maximum Gasteiger partial charge on any atom is 0.255 e. The second-order valence-corrected chi connectivity index (χ2v) is 9.27. The number of halogens is 3. The number of hydrogen-bond donors (Lipinski definition) is 2. The highest BCUT2D eigenvalue weighted by Crippen LogP contribution is 2.42. The van der Waals surface area contributed by atoms with Crippen LogP contribution in [0.15, 0.2) is 36.4 Å². The molecule has 0 spiro atoms. The largest absolute Gasteiger partial charge is 0.341 e. The van der Waals surface area contributed by atoms with Crippen LogP contribution < -0.4 is 10.6 Å². The maximum atomic E-state index is 14.2. The van der Waals surface area contributed by atoms with Gasteiger partial charge in [0.1, 0.15) is 11.3 Å². The van der Waals surface area contributed by atoms with E-state index in [2.05, 4.69) is 20.7 Å². The minimum atomic E-state index is -2.64. The Morgan fingerprint density at radius 2 is 1.84 bits per heavy atom. The first-order valence-corrected chi connectivity index (χ1v) is 11.7. The Labute approximate surface area is 210 Å². The van der Waals surface area contributed by atoms with Gasteiger partial charge in [-0.05, 0) is 62.2 Å². The van der Waals surface area contributed by atoms with E-state index in [1.54, 1.807) is 45.0 Å². The van der Waals surface area contributed by atoms with Crippen molar-refractivity contribution < 1.29 is 22.8 Å². The summed E-state index contributed by atoms with van der Waals surface area (Å²) in [6.45, 7) is 5.33. The van der Waals surface area contributed by atoms with Crippen LogP contribution in [-0.4, -0.2) is 33.0 Å². The Morgan fingerprint density at radius 3 is 2.51 bits per heavy atom. The summed E-state index contributed by atoms with van der Waals surface area (Å²) in [6, 6.07) is 8.32. The van der Waals surface area contributed by atoms with Crippen molar-refractivity contribution >= 4 is 28.4 Å². The predicted octanol–water partition coefficient (Wildman–Crippen LogP) is 4.93. The molecule has 0 bridgehead atoms. The van der Waals surface area contributed by atoms with E-state index in [1.807, 2.05) is 0 Å². The van der Waals surface area contributed by atoms with Crippen molar-refractivity contribution in [3.63, 3.8) is 0 Å². The van der Waals surface area contributed by atoms with E-state index in [0.29, 0.717) is 33.5 Å². The second-order valence-electron chi connectivity index (χ2n) is 9.27. The summed E-state index contributed by atoms with van der Waals surface area (Å²) in [4.78, 5) is 30.9. The van der Waals surface area contributed by atoms with Gasteiger partial charge in [-0.3, -0.25) is 19.3 Å². The first kappa shape index (κ1) is 24.5. The first-order valence-electron chi connectivity index (χ1n) is 11.7. The summed E-state index contributed by atoms with van der Waals surface area (Å²) >= 11 is 0. The number of carbonyl (C=O) groups is 2. The summed E-state index contributed by atoms with van der Waals surface area (Å²) in [5.41, 5.74) is 4.22. The molecule has 0 aliphatic carbocycles. The molecular weight excluding hydrogens is 483 g/mol. The first-order chi connectivity index (χ1) is 17.5. The summed E-state index contributed by atoms with van der Waals surface area (Å²) in [5.74, 6) is -1.42. The van der Waals surface area contributed by atoms with Crippen molar-refractivity contribution in [1.29, 1.82) is 0 Å². The van der Waals surface area contributed by atoms with Gasteiger partial charge in [-0.2, -0.15) is 5.10 Å². The number of carbonyl (C=O) groups excluding carboxylic acids is 2. The molecule has 1 aliphatic heterocycles. The number of hydrogen-bond acceptors (Lipinski definition) is 4. The molecule has 7 nitrogen and oxygen atoms in total. The van der Waals surface area contributed by atoms with Crippen molar-refractivity contribution in [2.75, 3.05) is 5.32 Å². The van der Waals surface area contributed by atoms with Crippen LogP contribution in [0.3, 0.4) is 0 Å². The number of aromatic nitrogens is 3. The number of aryl methyl sites for hydroxylation is 4. The number of amides is 2. The van der Waals surface area contributed by atoms with E-state index in [-0.39, 0.29) is 22.5 Å². The Morgan fingerprint density at radius 1 is 1.14 bits per heavy atom. The second kappa shape index (κ2) is 9.02. The van der Waals surface area contributed by atoms with Crippen LogP contribution in [0.25, 0.3) is 10.9 Å². The zero-order valence-electron chi connectivity index (χ0n) is 20.6. The van der Waals surface area contributed by atoms with Gasteiger partial charge in [0.2, 0.25) is 6.43 Å². The fraction of sp³-hybridized carbons (Fsp3) is 0.259. The standard InChI is InChI=1S/C27H24F3N5O2/c1-12-5-6-16(28)9-17(12)24-22-19(32-26(36)15-7-13(2)31-14(3)8-15)10-18-20(11-21(29)30)35(4)34-25(18)23(22)27(37)33-24/h5-10,21,24H,11H2,1-4H3,(H,32,36)(H,33,37). The molecule has 0 saturated carbocycles. The van der Waals surface area contributed by atoms with E-state index in [4.69, 9.17) is 0 Å². The molecule has 2 aromatic heterocycles. The summed E-state index contributed by atoms with van der Waals surface area (Å²) < 4.78 is 42.4. The molecule has 5 rings (SSSR count). The normalized spacial score (nSPS) is 14.8. The fourth-order valence-corrected chi connectivity index (χ4v) is 5.01. The molecule has 1 unspecified atom stereocenters. The number of nitrogens with zero attached hydrogens (tertiary/aromatic N) is 3. The highest BCUT2D eigenvalue weighted by Gasteiger charge is 2.37. The molecule has 4 aromatic rings. The number of pyridine rings is 1. The number of alkyl halides is 2. The molecule has 2 N–H and O–H groups in total. The number of fused-ring (bicyclic) bond motifs is 3. The van der Waals surface area contributed by atoms with Crippen LogP contribution >= 0.6 is 0 Å². The minimum absolute atomic E-state index is 0.166. The van der Waals surface area contributed by atoms with Crippen LogP contribution in [-0.2, 0) is 13.5 Å². The molecule has 10 heteroatoms. The van der Waals surface area contributed by atoms with Gasteiger partial charge in [-0.1, -0.05) is 6.07 Å². The quantitative estimate of drug-likeness (QED) is 0.401. The topological polar surface area (TPSA) is 88.9 Å². The third-order valence-electron chi connectivity index (χ3n) is 6.57. The van der Waals surface area contributed by atoms with E-state index >= 15 is 0 Å². The Kier molecular flexibility index (Phi) is 5.97. The minimum Gasteiger partial charge on any atom is -0.341 e. The monoisotopic (exact) mass is 507 g/mol. The van der Waals surface area contributed by atoms with E-state index in [1.165, 1.54) is 23.9 Å². The number of benzene rings is 2. The van der Waals surface area contributed by atoms with Gasteiger partial charge in [0, 0.05) is 40.6 Å². The lowest BCUT2D eigenvalue weighted by Gasteiger charge is -2.19. The maximum absolute atomic E-state index is 14.2. The van der Waals surface area contributed by atoms with Gasteiger partial charge in [0.05, 0.1) is 23.7 Å². The van der Waals surface area contributed by atoms with Crippen molar-refractivity contribution in [2.45, 2.75) is 39.7 Å². The highest BCUT2D eigenvalue weighted by atomic mass is 19.3. The van der Waals surface area contributed by atoms with Crippen LogP contribution in [0.1, 0.15) is 60.5 Å². The Balaban J connectivity index is 1.75. The van der Waals surface area contributed by atoms with Crippen molar-refractivity contribution in [2.24, 2.45) is 7.05 Å². The molecule has 0 saturated heterocycles. The highest BCUT2D eigenvalue weighted by molar-refractivity contribution is 6.15. The number of rotatable bonds is 5. The lowest BCUT2D eigenvalue weighted by Crippen LogP contribution is -2.21. The molecule has 190 valence electrons. The van der Waals surface area contributed by atoms with Crippen molar-refractivity contribution in [1.82, 2.24) is 20.1 Å². The summed E-state index contributed by atoms with van der Waals surface area (Å²) in [7, 11) is 1.53. The third-order valence-corrected chi connectivity index (χ3v) is 6.57. The molecular formula is C27H24F3N5O2. The molecule has 2 amide bonds. The number of anilines is 1. The van der Waals surface area contributed by atoms with Gasteiger partial charge in [0.25, 0.3) is 11.8 Å². The van der Waals surface area contributed by atoms with Gasteiger partial charge in [-0.15, -0.1) is 0 Å². The molecule has 37 heavy (non-hydrogen) atoms. The van der Waals surface area contributed by atoms with Crippen LogP contribution in [0.4, 0.5) is 18.9 Å². The molecule has 3 heterocycles. The molecule has 0 fully saturated rings. The van der Waals surface area contributed by atoms with E-state index in [9.17, 15) is 22.8 Å². The zero-order valence-corrected chi connectivity index (χ0v) is 20.6. The number of nitrogens with one attached hydrogen (secondary N) is 2. The SMILES string of the molecule is Cc1cc(C(=O)Nc2cc3c(CC(F)F)n(C)nc3c3c2C(c2cc(F)ccc2C)NC3=O)cc(C)n1. The summed E-state index contributed by atoms with van der Waals surface area (Å²) in [5, 5.41) is 10.5. The predicted molar refractivity (Wildman–Crippen MR) is 133 cm³/mol. The smallest absolute Gasteiger partial charge is 0.255 e. The van der Waals surface area contributed by atoms with Crippen LogP contribution in [0, 0.1) is 26.6 Å². The van der Waals surface area contributed by atoms with Gasteiger partial charge < -0.3 is 10.6 Å². The fourth-order valence-electron chi connectivity index (χ4n) is 5.01. The van der Waals surface area contributed by atoms with Crippen LogP contribution in [0.5, 0.6) is 0 Å². The van der Waals surface area contributed by atoms with E-state index < -0.39 is 36.5 Å². The van der Waals surface area contributed by atoms with Crippen molar-refractivity contribution in [3.8, 4) is 0 Å². The lowest BCUT2D eigenvalue weighted by atomic mass is 9.91. The van der Waals surface area contributed by atoms with Crippen molar-refractivity contribution in [3.05, 3.63) is 87.1 Å². The average molecular weight is 508 g/mol. The zero-order chi connectivity index (χ0) is 26.6.